The summed E-state index contributed by atoms with van der Waals surface area (Å²) in [5.74, 6) is 0.268. The number of carbonyl (C=O) groups is 1. The lowest BCUT2D eigenvalue weighted by atomic mass is 9.91. The number of hydrogen-bond donors (Lipinski definition) is 0. The van der Waals surface area contributed by atoms with E-state index in [0.29, 0.717) is 6.42 Å². The standard InChI is InChI=1S/C28H47ClO/c1-5-6-7-8-9-10-11-12-13-14-15-16-17-18-19-23-27(30)25-21-20-22-26(24(25)2)28(3,4)29/h20-22H,5-19,23H2,1-4H3. The van der Waals surface area contributed by atoms with Crippen molar-refractivity contribution in [3.63, 3.8) is 0 Å². The number of Topliss-reactive ketones (excluding diaryl/α,β-unsaturated/α-hetero) is 1. The molecule has 0 saturated heterocycles. The van der Waals surface area contributed by atoms with Crippen LogP contribution in [0.2, 0.25) is 0 Å². The first kappa shape index (κ1) is 27.2. The van der Waals surface area contributed by atoms with Crippen LogP contribution in [0.1, 0.15) is 145 Å². The van der Waals surface area contributed by atoms with Crippen LogP contribution in [0.3, 0.4) is 0 Å². The first-order chi connectivity index (χ1) is 14.4. The summed E-state index contributed by atoms with van der Waals surface area (Å²) in [6.07, 6.45) is 20.9. The minimum absolute atomic E-state index is 0.268. The number of halogens is 1. The zero-order valence-corrected chi connectivity index (χ0v) is 21.1. The summed E-state index contributed by atoms with van der Waals surface area (Å²) in [5, 5.41) is 0. The fourth-order valence-electron chi connectivity index (χ4n) is 4.37. The molecular formula is C28H47ClO. The minimum atomic E-state index is -0.436. The number of rotatable bonds is 18. The van der Waals surface area contributed by atoms with E-state index in [1.807, 2.05) is 39.0 Å². The van der Waals surface area contributed by atoms with Crippen molar-refractivity contribution in [3.05, 3.63) is 34.9 Å². The maximum atomic E-state index is 12.6. The number of carbonyl (C=O) groups excluding carboxylic acids is 1. The van der Waals surface area contributed by atoms with Gasteiger partial charge in [0.05, 0.1) is 4.87 Å². The minimum Gasteiger partial charge on any atom is -0.294 e. The largest absolute Gasteiger partial charge is 0.294 e. The zero-order valence-electron chi connectivity index (χ0n) is 20.3. The number of ketones is 1. The van der Waals surface area contributed by atoms with E-state index in [1.165, 1.54) is 89.9 Å². The highest BCUT2D eigenvalue weighted by atomic mass is 35.5. The molecule has 30 heavy (non-hydrogen) atoms. The van der Waals surface area contributed by atoms with Gasteiger partial charge in [0.15, 0.2) is 5.78 Å². The first-order valence-electron chi connectivity index (χ1n) is 12.7. The van der Waals surface area contributed by atoms with Crippen LogP contribution in [0, 0.1) is 6.92 Å². The molecule has 0 aliphatic heterocycles. The van der Waals surface area contributed by atoms with Gasteiger partial charge in [0.25, 0.3) is 0 Å². The molecule has 0 heterocycles. The van der Waals surface area contributed by atoms with Crippen molar-refractivity contribution in [1.82, 2.24) is 0 Å². The van der Waals surface area contributed by atoms with Gasteiger partial charge in [-0.2, -0.15) is 0 Å². The normalized spacial score (nSPS) is 11.8. The van der Waals surface area contributed by atoms with Gasteiger partial charge < -0.3 is 0 Å². The van der Waals surface area contributed by atoms with Gasteiger partial charge in [-0.15, -0.1) is 11.6 Å². The highest BCUT2D eigenvalue weighted by molar-refractivity contribution is 6.23. The Hall–Kier alpha value is -0.820. The summed E-state index contributed by atoms with van der Waals surface area (Å²) in [5.41, 5.74) is 2.96. The summed E-state index contributed by atoms with van der Waals surface area (Å²) >= 11 is 6.47. The first-order valence-corrected chi connectivity index (χ1v) is 13.1. The molecule has 0 bridgehead atoms. The Morgan fingerprint density at radius 2 is 1.20 bits per heavy atom. The number of benzene rings is 1. The van der Waals surface area contributed by atoms with E-state index in [0.717, 1.165) is 23.1 Å². The van der Waals surface area contributed by atoms with Gasteiger partial charge in [0.2, 0.25) is 0 Å². The highest BCUT2D eigenvalue weighted by Crippen LogP contribution is 2.32. The van der Waals surface area contributed by atoms with Crippen molar-refractivity contribution in [2.75, 3.05) is 0 Å². The molecule has 0 unspecified atom stereocenters. The van der Waals surface area contributed by atoms with E-state index in [9.17, 15) is 4.79 Å². The van der Waals surface area contributed by atoms with E-state index >= 15 is 0 Å². The molecule has 1 nitrogen and oxygen atoms in total. The molecule has 1 rings (SSSR count). The molecule has 0 fully saturated rings. The van der Waals surface area contributed by atoms with Crippen LogP contribution in [-0.2, 0) is 4.87 Å². The predicted molar refractivity (Wildman–Crippen MR) is 134 cm³/mol. The van der Waals surface area contributed by atoms with Crippen LogP contribution in [0.15, 0.2) is 18.2 Å². The summed E-state index contributed by atoms with van der Waals surface area (Å²) in [6, 6.07) is 5.95. The van der Waals surface area contributed by atoms with Gasteiger partial charge in [-0.1, -0.05) is 115 Å². The van der Waals surface area contributed by atoms with Crippen LogP contribution >= 0.6 is 11.6 Å². The SMILES string of the molecule is CCCCCCCCCCCCCCCCCC(=O)c1cccc(C(C)(C)Cl)c1C. The van der Waals surface area contributed by atoms with Crippen molar-refractivity contribution in [2.45, 2.75) is 135 Å². The van der Waals surface area contributed by atoms with Crippen molar-refractivity contribution in [1.29, 1.82) is 0 Å². The fraction of sp³-hybridized carbons (Fsp3) is 0.750. The van der Waals surface area contributed by atoms with Gasteiger partial charge in [-0.3, -0.25) is 4.79 Å². The Bertz CT molecular complexity index is 585. The third-order valence-corrected chi connectivity index (χ3v) is 6.49. The molecule has 0 aliphatic carbocycles. The molecule has 0 radical (unpaired) electrons. The lowest BCUT2D eigenvalue weighted by Gasteiger charge is -2.20. The maximum absolute atomic E-state index is 12.6. The summed E-state index contributed by atoms with van der Waals surface area (Å²) in [7, 11) is 0. The average Bonchev–Trinajstić information content (AvgIpc) is 2.70. The Labute approximate surface area is 192 Å². The van der Waals surface area contributed by atoms with Crippen LogP contribution in [0.25, 0.3) is 0 Å². The quantitative estimate of drug-likeness (QED) is 0.127. The van der Waals surface area contributed by atoms with E-state index in [2.05, 4.69) is 6.92 Å². The smallest absolute Gasteiger partial charge is 0.163 e. The topological polar surface area (TPSA) is 17.1 Å². The molecule has 0 N–H and O–H groups in total. The van der Waals surface area contributed by atoms with Gasteiger partial charge in [0.1, 0.15) is 0 Å². The van der Waals surface area contributed by atoms with E-state index in [-0.39, 0.29) is 5.78 Å². The Kier molecular flexibility index (Phi) is 14.4. The van der Waals surface area contributed by atoms with Crippen LogP contribution in [-0.4, -0.2) is 5.78 Å². The fourth-order valence-corrected chi connectivity index (χ4v) is 4.58. The molecule has 0 saturated carbocycles. The van der Waals surface area contributed by atoms with Crippen LogP contribution in [0.5, 0.6) is 0 Å². The monoisotopic (exact) mass is 434 g/mol. The Morgan fingerprint density at radius 1 is 0.767 bits per heavy atom. The van der Waals surface area contributed by atoms with Crippen molar-refractivity contribution >= 4 is 17.4 Å². The van der Waals surface area contributed by atoms with Gasteiger partial charge in [0, 0.05) is 12.0 Å². The molecule has 0 aromatic heterocycles. The lowest BCUT2D eigenvalue weighted by Crippen LogP contribution is -2.13. The molecule has 0 aliphatic rings. The third-order valence-electron chi connectivity index (χ3n) is 6.28. The summed E-state index contributed by atoms with van der Waals surface area (Å²) < 4.78 is 0. The molecule has 0 atom stereocenters. The maximum Gasteiger partial charge on any atom is 0.163 e. The van der Waals surface area contributed by atoms with Crippen LogP contribution in [0.4, 0.5) is 0 Å². The van der Waals surface area contributed by atoms with Gasteiger partial charge in [-0.25, -0.2) is 0 Å². The van der Waals surface area contributed by atoms with E-state index in [1.54, 1.807) is 0 Å². The second-order valence-corrected chi connectivity index (χ2v) is 10.5. The molecule has 172 valence electrons. The second-order valence-electron chi connectivity index (χ2n) is 9.57. The Balaban J connectivity index is 2.04. The Morgan fingerprint density at radius 3 is 1.63 bits per heavy atom. The van der Waals surface area contributed by atoms with Gasteiger partial charge >= 0.3 is 0 Å². The highest BCUT2D eigenvalue weighted by Gasteiger charge is 2.21. The van der Waals surface area contributed by atoms with Crippen molar-refractivity contribution < 1.29 is 4.79 Å². The summed E-state index contributed by atoms with van der Waals surface area (Å²) in [4.78, 5) is 12.2. The third kappa shape index (κ3) is 11.5. The van der Waals surface area contributed by atoms with E-state index < -0.39 is 4.87 Å². The molecular weight excluding hydrogens is 388 g/mol. The van der Waals surface area contributed by atoms with Crippen molar-refractivity contribution in [3.8, 4) is 0 Å². The molecule has 0 spiro atoms. The average molecular weight is 435 g/mol. The van der Waals surface area contributed by atoms with E-state index in [4.69, 9.17) is 11.6 Å². The molecule has 0 amide bonds. The number of hydrogen-bond acceptors (Lipinski definition) is 1. The van der Waals surface area contributed by atoms with Gasteiger partial charge in [-0.05, 0) is 38.3 Å². The number of unbranched alkanes of at least 4 members (excludes halogenated alkanes) is 14. The van der Waals surface area contributed by atoms with Crippen molar-refractivity contribution in [2.24, 2.45) is 0 Å². The number of alkyl halides is 1. The van der Waals surface area contributed by atoms with Crippen LogP contribution < -0.4 is 0 Å². The summed E-state index contributed by atoms with van der Waals surface area (Å²) in [6.45, 7) is 8.28. The molecule has 2 heteroatoms. The predicted octanol–water partition coefficient (Wildman–Crippen LogP) is 9.91. The molecule has 1 aromatic carbocycles. The zero-order chi connectivity index (χ0) is 22.2. The lowest BCUT2D eigenvalue weighted by molar-refractivity contribution is 0.0978. The second kappa shape index (κ2) is 15.9. The molecule has 1 aromatic rings.